The maximum Gasteiger partial charge on any atom is 0.328 e. The van der Waals surface area contributed by atoms with E-state index in [9.17, 15) is 9.59 Å². The van der Waals surface area contributed by atoms with Crippen LogP contribution in [0.4, 0.5) is 0 Å². The minimum Gasteiger partial charge on any atom is -0.467 e. The first-order valence-corrected chi connectivity index (χ1v) is 7.19. The normalized spacial score (nSPS) is 12.9. The van der Waals surface area contributed by atoms with Crippen molar-refractivity contribution in [1.29, 1.82) is 5.26 Å². The Hall–Kier alpha value is -2.94. The minimum absolute atomic E-state index is 0.188. The lowest BCUT2D eigenvalue weighted by atomic mass is 10.0. The number of benzene rings is 1. The Bertz CT molecular complexity index is 762. The van der Waals surface area contributed by atoms with Crippen molar-refractivity contribution in [3.8, 4) is 6.07 Å². The Morgan fingerprint density at radius 3 is 2.78 bits per heavy atom. The average Bonchev–Trinajstić information content (AvgIpc) is 2.59. The molecule has 1 N–H and O–H groups in total. The number of para-hydroxylation sites is 1. The number of ether oxygens (including phenoxy) is 1. The van der Waals surface area contributed by atoms with Crippen molar-refractivity contribution in [2.24, 2.45) is 5.92 Å². The zero-order valence-corrected chi connectivity index (χ0v) is 12.9. The number of rotatable bonds is 5. The fraction of sp³-hybridized carbons (Fsp3) is 0.294. The molecule has 0 aliphatic rings. The van der Waals surface area contributed by atoms with Crippen LogP contribution < -0.4 is 5.32 Å². The third-order valence-electron chi connectivity index (χ3n) is 3.48. The van der Waals surface area contributed by atoms with Gasteiger partial charge >= 0.3 is 5.97 Å². The maximum absolute atomic E-state index is 12.5. The summed E-state index contributed by atoms with van der Waals surface area (Å²) in [5.41, 5.74) is 0.936. The molecule has 23 heavy (non-hydrogen) atoms. The van der Waals surface area contributed by atoms with E-state index in [0.29, 0.717) is 11.1 Å². The first kappa shape index (κ1) is 16.4. The number of hydrogen-bond acceptors (Lipinski definition) is 5. The second kappa shape index (κ2) is 7.36. The lowest BCUT2D eigenvalue weighted by Gasteiger charge is -2.17. The highest BCUT2D eigenvalue weighted by molar-refractivity contribution is 6.06. The second-order valence-electron chi connectivity index (χ2n) is 5.20. The molecule has 2 rings (SSSR count). The van der Waals surface area contributed by atoms with E-state index in [4.69, 9.17) is 10.00 Å². The molecular weight excluding hydrogens is 294 g/mol. The van der Waals surface area contributed by atoms with Crippen molar-refractivity contribution in [2.45, 2.75) is 19.4 Å². The lowest BCUT2D eigenvalue weighted by Crippen LogP contribution is -2.42. The zero-order chi connectivity index (χ0) is 16.8. The van der Waals surface area contributed by atoms with Crippen LogP contribution in [0.15, 0.2) is 36.5 Å². The van der Waals surface area contributed by atoms with Gasteiger partial charge in [0, 0.05) is 17.5 Å². The van der Waals surface area contributed by atoms with Crippen LogP contribution in [-0.2, 0) is 9.53 Å². The molecular formula is C17H17N3O3. The van der Waals surface area contributed by atoms with Gasteiger partial charge in [0.05, 0.1) is 24.3 Å². The van der Waals surface area contributed by atoms with Crippen LogP contribution in [0.3, 0.4) is 0 Å². The predicted molar refractivity (Wildman–Crippen MR) is 84.4 cm³/mol. The van der Waals surface area contributed by atoms with Crippen LogP contribution in [0.5, 0.6) is 0 Å². The molecule has 0 bridgehead atoms. The van der Waals surface area contributed by atoms with Crippen LogP contribution >= 0.6 is 0 Å². The fourth-order valence-corrected chi connectivity index (χ4v) is 2.29. The van der Waals surface area contributed by atoms with Gasteiger partial charge in [0.25, 0.3) is 5.91 Å². The number of esters is 1. The third-order valence-corrected chi connectivity index (χ3v) is 3.48. The van der Waals surface area contributed by atoms with Gasteiger partial charge in [-0.05, 0) is 25.5 Å². The topological polar surface area (TPSA) is 92.1 Å². The summed E-state index contributed by atoms with van der Waals surface area (Å²) in [5.74, 6) is -1.38. The number of nitrogens with one attached hydrogen (secondary N) is 1. The van der Waals surface area contributed by atoms with Gasteiger partial charge in [-0.3, -0.25) is 9.78 Å². The van der Waals surface area contributed by atoms with E-state index in [-0.39, 0.29) is 12.3 Å². The molecule has 6 nitrogen and oxygen atoms in total. The SMILES string of the molecule is COC(=O)[C@H](C[C@H](C)C#N)NC(=O)c1cccc2cccnc12. The van der Waals surface area contributed by atoms with Crippen LogP contribution in [0, 0.1) is 17.2 Å². The molecule has 2 atom stereocenters. The molecule has 0 unspecified atom stereocenters. The number of pyridine rings is 1. The molecule has 6 heteroatoms. The largest absolute Gasteiger partial charge is 0.467 e. The van der Waals surface area contributed by atoms with Crippen molar-refractivity contribution in [1.82, 2.24) is 10.3 Å². The molecule has 1 amide bonds. The molecule has 0 aliphatic carbocycles. The minimum atomic E-state index is -0.874. The Balaban J connectivity index is 2.27. The number of carbonyl (C=O) groups is 2. The summed E-state index contributed by atoms with van der Waals surface area (Å²) in [6, 6.07) is 10.1. The predicted octanol–water partition coefficient (Wildman–Crippen LogP) is 2.06. The summed E-state index contributed by atoms with van der Waals surface area (Å²) >= 11 is 0. The molecule has 0 aliphatic heterocycles. The summed E-state index contributed by atoms with van der Waals surface area (Å²) in [7, 11) is 1.25. The number of carbonyl (C=O) groups excluding carboxylic acids is 2. The van der Waals surface area contributed by atoms with Gasteiger partial charge in [0.2, 0.25) is 0 Å². The van der Waals surface area contributed by atoms with Crippen LogP contribution in [0.2, 0.25) is 0 Å². The number of amides is 1. The maximum atomic E-state index is 12.5. The molecule has 1 aromatic carbocycles. The second-order valence-corrected chi connectivity index (χ2v) is 5.20. The van der Waals surface area contributed by atoms with E-state index >= 15 is 0 Å². The monoisotopic (exact) mass is 311 g/mol. The highest BCUT2D eigenvalue weighted by Crippen LogP contribution is 2.16. The van der Waals surface area contributed by atoms with Crippen LogP contribution in [0.25, 0.3) is 10.9 Å². The Kier molecular flexibility index (Phi) is 5.26. The van der Waals surface area contributed by atoms with Crippen molar-refractivity contribution < 1.29 is 14.3 Å². The standard InChI is InChI=1S/C17H17N3O3/c1-11(10-18)9-14(17(22)23-2)20-16(21)13-7-3-5-12-6-4-8-19-15(12)13/h3-8,11,14H,9H2,1-2H3,(H,20,21)/t11-,14-/m0/s1. The first-order chi connectivity index (χ1) is 11.1. The van der Waals surface area contributed by atoms with Crippen molar-refractivity contribution in [2.75, 3.05) is 7.11 Å². The first-order valence-electron chi connectivity index (χ1n) is 7.19. The summed E-state index contributed by atoms with van der Waals surface area (Å²) < 4.78 is 4.70. The van der Waals surface area contributed by atoms with Gasteiger partial charge in [0.15, 0.2) is 0 Å². The lowest BCUT2D eigenvalue weighted by molar-refractivity contribution is -0.143. The van der Waals surface area contributed by atoms with Crippen molar-refractivity contribution >= 4 is 22.8 Å². The molecule has 1 aromatic heterocycles. The highest BCUT2D eigenvalue weighted by Gasteiger charge is 2.25. The number of aromatic nitrogens is 1. The molecule has 0 fully saturated rings. The van der Waals surface area contributed by atoms with Gasteiger partial charge in [-0.2, -0.15) is 5.26 Å². The molecule has 0 spiro atoms. The number of fused-ring (bicyclic) bond motifs is 1. The van der Waals surface area contributed by atoms with Gasteiger partial charge in [-0.25, -0.2) is 4.79 Å². The summed E-state index contributed by atoms with van der Waals surface area (Å²) in [5, 5.41) is 12.4. The van der Waals surface area contributed by atoms with E-state index in [1.807, 2.05) is 18.2 Å². The Labute approximate surface area is 134 Å². The van der Waals surface area contributed by atoms with E-state index in [1.54, 1.807) is 31.3 Å². The summed E-state index contributed by atoms with van der Waals surface area (Å²) in [6.07, 6.45) is 1.79. The van der Waals surface area contributed by atoms with E-state index in [2.05, 4.69) is 10.3 Å². The smallest absolute Gasteiger partial charge is 0.328 e. The average molecular weight is 311 g/mol. The molecule has 0 saturated carbocycles. The summed E-state index contributed by atoms with van der Waals surface area (Å²) in [4.78, 5) is 28.6. The van der Waals surface area contributed by atoms with Gasteiger partial charge in [-0.15, -0.1) is 0 Å². The summed E-state index contributed by atoms with van der Waals surface area (Å²) in [6.45, 7) is 1.68. The van der Waals surface area contributed by atoms with E-state index in [0.717, 1.165) is 5.39 Å². The highest BCUT2D eigenvalue weighted by atomic mass is 16.5. The fourth-order valence-electron chi connectivity index (χ4n) is 2.29. The van der Waals surface area contributed by atoms with Crippen LogP contribution in [0.1, 0.15) is 23.7 Å². The Morgan fingerprint density at radius 2 is 2.09 bits per heavy atom. The Morgan fingerprint density at radius 1 is 1.35 bits per heavy atom. The van der Waals surface area contributed by atoms with Gasteiger partial charge < -0.3 is 10.1 Å². The van der Waals surface area contributed by atoms with Crippen molar-refractivity contribution in [3.63, 3.8) is 0 Å². The number of nitrogens with zero attached hydrogens (tertiary/aromatic N) is 2. The number of nitriles is 1. The zero-order valence-electron chi connectivity index (χ0n) is 12.9. The number of hydrogen-bond donors (Lipinski definition) is 1. The third kappa shape index (κ3) is 3.83. The van der Waals surface area contributed by atoms with Crippen molar-refractivity contribution in [3.05, 3.63) is 42.1 Å². The number of methoxy groups -OCH3 is 1. The van der Waals surface area contributed by atoms with E-state index < -0.39 is 17.9 Å². The van der Waals surface area contributed by atoms with Crippen LogP contribution in [-0.4, -0.2) is 30.0 Å². The quantitative estimate of drug-likeness (QED) is 0.853. The molecule has 118 valence electrons. The van der Waals surface area contributed by atoms with Gasteiger partial charge in [-0.1, -0.05) is 18.2 Å². The molecule has 0 saturated heterocycles. The van der Waals surface area contributed by atoms with E-state index in [1.165, 1.54) is 7.11 Å². The molecule has 0 radical (unpaired) electrons. The van der Waals surface area contributed by atoms with Gasteiger partial charge in [0.1, 0.15) is 6.04 Å². The molecule has 2 aromatic rings. The molecule has 1 heterocycles.